The van der Waals surface area contributed by atoms with Crippen molar-refractivity contribution in [2.75, 3.05) is 0 Å². The van der Waals surface area contributed by atoms with Gasteiger partial charge < -0.3 is 5.11 Å². The van der Waals surface area contributed by atoms with Crippen molar-refractivity contribution in [3.05, 3.63) is 65.2 Å². The summed E-state index contributed by atoms with van der Waals surface area (Å²) >= 11 is 0. The van der Waals surface area contributed by atoms with Gasteiger partial charge in [-0.05, 0) is 17.9 Å². The zero-order valence-corrected chi connectivity index (χ0v) is 14.3. The van der Waals surface area contributed by atoms with Crippen molar-refractivity contribution in [3.63, 3.8) is 0 Å². The van der Waals surface area contributed by atoms with Crippen LogP contribution in [0.4, 0.5) is 0 Å². The number of aliphatic carboxylic acids is 1. The van der Waals surface area contributed by atoms with Crippen LogP contribution >= 0.6 is 0 Å². The Hall–Kier alpha value is -2.97. The number of hydrogen-bond acceptors (Lipinski definition) is 4. The molecular weight excluding hydrogens is 354 g/mol. The molecule has 0 saturated heterocycles. The van der Waals surface area contributed by atoms with Gasteiger partial charge in [0.1, 0.15) is 0 Å². The summed E-state index contributed by atoms with van der Waals surface area (Å²) in [5.41, 5.74) is 0.752. The highest BCUT2D eigenvalue weighted by molar-refractivity contribution is 7.93. The zero-order chi connectivity index (χ0) is 18.5. The molecule has 2 aromatic carbocycles. The Morgan fingerprint density at radius 2 is 1.92 bits per heavy atom. The van der Waals surface area contributed by atoms with Crippen LogP contribution in [0.2, 0.25) is 0 Å². The maximum absolute atomic E-state index is 11.8. The number of nitrogens with two attached hydrogens (primary N) is 1. The van der Waals surface area contributed by atoms with E-state index in [0.29, 0.717) is 0 Å². The molecular formula is C18H15N3O4S. The molecule has 1 aliphatic carbocycles. The maximum atomic E-state index is 11.8. The molecule has 26 heavy (non-hydrogen) atoms. The largest absolute Gasteiger partial charge is 0.478 e. The van der Waals surface area contributed by atoms with Gasteiger partial charge in [-0.25, -0.2) is 18.4 Å². The molecule has 1 aromatic heterocycles. The van der Waals surface area contributed by atoms with Gasteiger partial charge in [0.25, 0.3) is 0 Å². The smallest absolute Gasteiger partial charge is 0.333 e. The van der Waals surface area contributed by atoms with Crippen molar-refractivity contribution in [1.82, 2.24) is 9.78 Å². The quantitative estimate of drug-likeness (QED) is 0.735. The molecule has 1 heterocycles. The van der Waals surface area contributed by atoms with Gasteiger partial charge in [-0.3, -0.25) is 4.68 Å². The normalized spacial score (nSPS) is 18.0. The molecule has 132 valence electrons. The maximum Gasteiger partial charge on any atom is 0.333 e. The van der Waals surface area contributed by atoms with E-state index in [2.05, 4.69) is 5.10 Å². The van der Waals surface area contributed by atoms with Crippen molar-refractivity contribution in [1.29, 1.82) is 0 Å². The van der Waals surface area contributed by atoms with Crippen LogP contribution in [0.5, 0.6) is 0 Å². The standard InChI is InChI=1S/C18H15N3O4S/c19-26(24,25)13-7-8-16(15(9-13)18(22)23)21-17-12(10-20-21)6-5-11-3-1-2-4-14(11)17/h1-7,9-10,16H,8H2,(H,22,23)(H2,19,24,25). The zero-order valence-electron chi connectivity index (χ0n) is 13.5. The van der Waals surface area contributed by atoms with Crippen molar-refractivity contribution in [2.24, 2.45) is 5.14 Å². The van der Waals surface area contributed by atoms with Gasteiger partial charge >= 0.3 is 5.97 Å². The third-order valence-electron chi connectivity index (χ3n) is 4.55. The molecule has 0 amide bonds. The molecule has 4 rings (SSSR count). The monoisotopic (exact) mass is 369 g/mol. The number of hydrogen-bond donors (Lipinski definition) is 2. The molecule has 8 heteroatoms. The van der Waals surface area contributed by atoms with Crippen LogP contribution in [0.3, 0.4) is 0 Å². The summed E-state index contributed by atoms with van der Waals surface area (Å²) in [5, 5.41) is 22.0. The number of nitrogens with zero attached hydrogens (tertiary/aromatic N) is 2. The molecule has 0 radical (unpaired) electrons. The molecule has 0 aliphatic heterocycles. The number of sulfonamides is 1. The number of carboxylic acids is 1. The Morgan fingerprint density at radius 3 is 2.65 bits per heavy atom. The molecule has 0 spiro atoms. The Bertz CT molecular complexity index is 1220. The minimum Gasteiger partial charge on any atom is -0.478 e. The van der Waals surface area contributed by atoms with E-state index >= 15 is 0 Å². The van der Waals surface area contributed by atoms with Gasteiger partial charge in [0, 0.05) is 10.8 Å². The first kappa shape index (κ1) is 16.5. The molecule has 7 nitrogen and oxygen atoms in total. The van der Waals surface area contributed by atoms with Gasteiger partial charge in [-0.15, -0.1) is 0 Å². The van der Waals surface area contributed by atoms with Gasteiger partial charge in [0.05, 0.1) is 28.2 Å². The second-order valence-corrected chi connectivity index (χ2v) is 7.68. The third-order valence-corrected chi connectivity index (χ3v) is 5.49. The lowest BCUT2D eigenvalue weighted by Crippen LogP contribution is -2.24. The van der Waals surface area contributed by atoms with Crippen molar-refractivity contribution in [3.8, 4) is 0 Å². The van der Waals surface area contributed by atoms with Crippen LogP contribution in [0.15, 0.2) is 65.2 Å². The van der Waals surface area contributed by atoms with Crippen molar-refractivity contribution in [2.45, 2.75) is 12.5 Å². The van der Waals surface area contributed by atoms with E-state index in [4.69, 9.17) is 5.14 Å². The summed E-state index contributed by atoms with van der Waals surface area (Å²) < 4.78 is 24.8. The number of rotatable bonds is 3. The molecule has 1 unspecified atom stereocenters. The number of primary sulfonamides is 1. The summed E-state index contributed by atoms with van der Waals surface area (Å²) in [7, 11) is -3.97. The predicted octanol–water partition coefficient (Wildman–Crippen LogP) is 2.32. The summed E-state index contributed by atoms with van der Waals surface area (Å²) in [6.07, 6.45) is 4.40. The van der Waals surface area contributed by atoms with Crippen LogP contribution in [0, 0.1) is 0 Å². The average molecular weight is 369 g/mol. The molecule has 1 aliphatic rings. The Balaban J connectivity index is 1.93. The van der Waals surface area contributed by atoms with Crippen molar-refractivity contribution < 1.29 is 18.3 Å². The molecule has 0 bridgehead atoms. The lowest BCUT2D eigenvalue weighted by atomic mass is 9.98. The highest BCUT2D eigenvalue weighted by Gasteiger charge is 2.29. The Labute approximate surface area is 149 Å². The average Bonchev–Trinajstić information content (AvgIpc) is 3.04. The first-order valence-electron chi connectivity index (χ1n) is 7.89. The summed E-state index contributed by atoms with van der Waals surface area (Å²) in [6, 6.07) is 11.1. The highest BCUT2D eigenvalue weighted by atomic mass is 32.2. The molecule has 0 fully saturated rings. The van der Waals surface area contributed by atoms with E-state index in [1.807, 2.05) is 36.4 Å². The lowest BCUT2D eigenvalue weighted by Gasteiger charge is -2.22. The highest BCUT2D eigenvalue weighted by Crippen LogP contribution is 2.34. The van der Waals surface area contributed by atoms with Crippen LogP contribution in [-0.4, -0.2) is 29.3 Å². The number of benzene rings is 2. The minimum absolute atomic E-state index is 0.0607. The number of fused-ring (bicyclic) bond motifs is 3. The second kappa shape index (κ2) is 5.79. The summed E-state index contributed by atoms with van der Waals surface area (Å²) in [6.45, 7) is 0. The number of carbonyl (C=O) groups is 1. The fourth-order valence-corrected chi connectivity index (χ4v) is 3.97. The van der Waals surface area contributed by atoms with Crippen molar-refractivity contribution >= 4 is 37.7 Å². The topological polar surface area (TPSA) is 115 Å². The first-order chi connectivity index (χ1) is 12.4. The van der Waals surface area contributed by atoms with E-state index < -0.39 is 22.0 Å². The molecule has 3 aromatic rings. The fourth-order valence-electron chi connectivity index (χ4n) is 3.35. The molecule has 1 atom stereocenters. The SMILES string of the molecule is NS(=O)(=O)C1=CCC(n2ncc3ccc4ccccc4c32)C(C(=O)O)=C1. The van der Waals surface area contributed by atoms with E-state index in [-0.39, 0.29) is 16.9 Å². The van der Waals surface area contributed by atoms with Gasteiger partial charge in [-0.2, -0.15) is 5.10 Å². The number of allylic oxidation sites excluding steroid dienone is 2. The van der Waals surface area contributed by atoms with E-state index in [9.17, 15) is 18.3 Å². The van der Waals surface area contributed by atoms with E-state index in [1.165, 1.54) is 6.08 Å². The Morgan fingerprint density at radius 1 is 1.19 bits per heavy atom. The van der Waals surface area contributed by atoms with E-state index in [0.717, 1.165) is 27.8 Å². The predicted molar refractivity (Wildman–Crippen MR) is 97.8 cm³/mol. The number of aromatic nitrogens is 2. The molecule has 3 N–H and O–H groups in total. The number of carboxylic acid groups (broad SMARTS) is 1. The summed E-state index contributed by atoms with van der Waals surface area (Å²) in [5.74, 6) is -1.20. The van der Waals surface area contributed by atoms with Crippen LogP contribution in [0.25, 0.3) is 21.7 Å². The van der Waals surface area contributed by atoms with Gasteiger partial charge in [0.2, 0.25) is 10.0 Å². The van der Waals surface area contributed by atoms with E-state index in [1.54, 1.807) is 10.9 Å². The van der Waals surface area contributed by atoms with Crippen LogP contribution in [-0.2, 0) is 14.8 Å². The fraction of sp³-hybridized carbons (Fsp3) is 0.111. The first-order valence-corrected chi connectivity index (χ1v) is 9.44. The second-order valence-electron chi connectivity index (χ2n) is 6.12. The van der Waals surface area contributed by atoms with Crippen LogP contribution in [0.1, 0.15) is 12.5 Å². The lowest BCUT2D eigenvalue weighted by molar-refractivity contribution is -0.133. The van der Waals surface area contributed by atoms with Gasteiger partial charge in [-0.1, -0.05) is 42.5 Å². The molecule has 0 saturated carbocycles. The third kappa shape index (κ3) is 2.59. The minimum atomic E-state index is -3.97. The van der Waals surface area contributed by atoms with Gasteiger partial charge in [0.15, 0.2) is 0 Å². The Kier molecular flexibility index (Phi) is 3.67. The summed E-state index contributed by atoms with van der Waals surface area (Å²) in [4.78, 5) is 11.6. The van der Waals surface area contributed by atoms with Crippen LogP contribution < -0.4 is 5.14 Å².